The van der Waals surface area contributed by atoms with E-state index >= 15 is 0 Å². The highest BCUT2D eigenvalue weighted by atomic mass is 32.2. The highest BCUT2D eigenvalue weighted by molar-refractivity contribution is 7.87. The number of nitro groups is 2. The summed E-state index contributed by atoms with van der Waals surface area (Å²) < 4.78 is 31.9. The molecule has 0 aliphatic rings. The van der Waals surface area contributed by atoms with Crippen molar-refractivity contribution in [1.29, 1.82) is 0 Å². The molecule has 12 nitrogen and oxygen atoms in total. The highest BCUT2D eigenvalue weighted by Gasteiger charge is 2.31. The number of benzene rings is 3. The molecule has 0 unspecified atom stereocenters. The Morgan fingerprint density at radius 2 is 1.69 bits per heavy atom. The Balaban J connectivity index is 1.86. The molecule has 0 spiro atoms. The number of imidazole rings is 1. The van der Waals surface area contributed by atoms with Gasteiger partial charge in [-0.25, -0.2) is 4.98 Å². The van der Waals surface area contributed by atoms with Gasteiger partial charge in [0.15, 0.2) is 10.6 Å². The zero-order valence-corrected chi connectivity index (χ0v) is 20.1. The molecule has 0 aliphatic heterocycles. The Morgan fingerprint density at radius 1 is 0.972 bits per heavy atom. The van der Waals surface area contributed by atoms with Crippen LogP contribution in [0.1, 0.15) is 13.8 Å². The lowest BCUT2D eigenvalue weighted by atomic mass is 10.1. The fourth-order valence-electron chi connectivity index (χ4n) is 3.78. The smallest absolute Gasteiger partial charge is 0.346 e. The molecule has 0 radical (unpaired) electrons. The van der Waals surface area contributed by atoms with Crippen LogP contribution in [0, 0.1) is 20.2 Å². The average Bonchev–Trinajstić information content (AvgIpc) is 3.28. The quantitative estimate of drug-likeness (QED) is 0.191. The van der Waals surface area contributed by atoms with Crippen LogP contribution in [0.25, 0.3) is 22.4 Å². The van der Waals surface area contributed by atoms with Crippen LogP contribution in [0.4, 0.5) is 17.1 Å². The molecule has 1 N–H and O–H groups in total. The standard InChI is InChI=1S/C23H21N5O7S/c1-3-26(4-2)15-9-11-17(23-24-18-7-5-6-8-19(18)25-23)21(14-15)35-36(33,34)22-12-10-16(27(29)30)13-20(22)28(31)32/h5-14H,3-4H2,1-2H3,(H,24,25). The number of rotatable bonds is 9. The summed E-state index contributed by atoms with van der Waals surface area (Å²) in [6.45, 7) is 5.16. The number of hydrogen-bond acceptors (Lipinski definition) is 9. The lowest BCUT2D eigenvalue weighted by Crippen LogP contribution is -2.22. The Labute approximate surface area is 205 Å². The predicted octanol–water partition coefficient (Wildman–Crippen LogP) is 4.66. The summed E-state index contributed by atoms with van der Waals surface area (Å²) >= 11 is 0. The zero-order valence-electron chi connectivity index (χ0n) is 19.2. The molecule has 1 aromatic heterocycles. The van der Waals surface area contributed by atoms with Crippen molar-refractivity contribution in [3.8, 4) is 17.1 Å². The van der Waals surface area contributed by atoms with Crippen LogP contribution < -0.4 is 9.08 Å². The summed E-state index contributed by atoms with van der Waals surface area (Å²) in [7, 11) is -4.77. The maximum Gasteiger partial charge on any atom is 0.346 e. The van der Waals surface area contributed by atoms with Gasteiger partial charge in [0.25, 0.3) is 11.4 Å². The van der Waals surface area contributed by atoms with Gasteiger partial charge >= 0.3 is 10.1 Å². The number of para-hydroxylation sites is 2. The summed E-state index contributed by atoms with van der Waals surface area (Å²) in [6, 6.07) is 14.5. The molecule has 0 aliphatic carbocycles. The van der Waals surface area contributed by atoms with Crippen molar-refractivity contribution in [3.63, 3.8) is 0 Å². The first-order valence-electron chi connectivity index (χ1n) is 10.9. The maximum absolute atomic E-state index is 13.2. The van der Waals surface area contributed by atoms with Gasteiger partial charge in [0.1, 0.15) is 5.82 Å². The van der Waals surface area contributed by atoms with Crippen LogP contribution in [-0.2, 0) is 10.1 Å². The maximum atomic E-state index is 13.2. The molecule has 4 rings (SSSR count). The predicted molar refractivity (Wildman–Crippen MR) is 133 cm³/mol. The molecule has 0 saturated carbocycles. The van der Waals surface area contributed by atoms with E-state index in [1.807, 2.05) is 36.9 Å². The van der Waals surface area contributed by atoms with Crippen LogP contribution >= 0.6 is 0 Å². The van der Waals surface area contributed by atoms with E-state index in [2.05, 4.69) is 9.97 Å². The summed E-state index contributed by atoms with van der Waals surface area (Å²) in [5.74, 6) is 0.233. The van der Waals surface area contributed by atoms with E-state index in [1.165, 1.54) is 6.07 Å². The van der Waals surface area contributed by atoms with E-state index in [9.17, 15) is 28.6 Å². The SMILES string of the molecule is CCN(CC)c1ccc(-c2nc3ccccc3[nH]2)c(OS(=O)(=O)c2ccc([N+](=O)[O-])cc2[N+](=O)[O-])c1. The number of nitrogens with zero attached hydrogens (tertiary/aromatic N) is 4. The number of nitrogens with one attached hydrogen (secondary N) is 1. The van der Waals surface area contributed by atoms with Crippen LogP contribution in [0.2, 0.25) is 0 Å². The van der Waals surface area contributed by atoms with Gasteiger partial charge < -0.3 is 14.1 Å². The number of aromatic amines is 1. The minimum Gasteiger partial charge on any atom is -0.378 e. The number of aromatic nitrogens is 2. The first kappa shape index (κ1) is 24.6. The van der Waals surface area contributed by atoms with Gasteiger partial charge in [0.2, 0.25) is 0 Å². The second-order valence-electron chi connectivity index (χ2n) is 7.66. The Kier molecular flexibility index (Phi) is 6.57. The molecule has 13 heteroatoms. The average molecular weight is 512 g/mol. The van der Waals surface area contributed by atoms with Crippen molar-refractivity contribution in [2.75, 3.05) is 18.0 Å². The minimum absolute atomic E-state index is 0.105. The van der Waals surface area contributed by atoms with Gasteiger partial charge in [-0.05, 0) is 44.2 Å². The van der Waals surface area contributed by atoms with Gasteiger partial charge in [0, 0.05) is 30.9 Å². The second-order valence-corrected chi connectivity index (χ2v) is 9.17. The number of hydrogen-bond donors (Lipinski definition) is 1. The van der Waals surface area contributed by atoms with E-state index in [-0.39, 0.29) is 5.75 Å². The molecule has 0 amide bonds. The summed E-state index contributed by atoms with van der Waals surface area (Å²) in [5, 5.41) is 22.6. The fourth-order valence-corrected chi connectivity index (χ4v) is 4.87. The first-order chi connectivity index (χ1) is 17.1. The monoisotopic (exact) mass is 511 g/mol. The Morgan fingerprint density at radius 3 is 2.33 bits per heavy atom. The van der Waals surface area contributed by atoms with Crippen molar-refractivity contribution in [2.45, 2.75) is 18.7 Å². The van der Waals surface area contributed by atoms with Crippen LogP contribution in [0.3, 0.4) is 0 Å². The van der Waals surface area contributed by atoms with Crippen molar-refractivity contribution in [3.05, 3.63) is 80.9 Å². The van der Waals surface area contributed by atoms with E-state index in [0.717, 1.165) is 17.6 Å². The molecule has 3 aromatic carbocycles. The largest absolute Gasteiger partial charge is 0.378 e. The van der Waals surface area contributed by atoms with E-state index in [0.29, 0.717) is 41.7 Å². The minimum atomic E-state index is -4.77. The molecule has 0 fully saturated rings. The van der Waals surface area contributed by atoms with Gasteiger partial charge in [-0.1, -0.05) is 12.1 Å². The number of fused-ring (bicyclic) bond motifs is 1. The van der Waals surface area contributed by atoms with Crippen molar-refractivity contribution in [1.82, 2.24) is 9.97 Å². The molecular formula is C23H21N5O7S. The first-order valence-corrected chi connectivity index (χ1v) is 12.3. The second kappa shape index (κ2) is 9.62. The van der Waals surface area contributed by atoms with Crippen molar-refractivity contribution in [2.24, 2.45) is 0 Å². The number of nitro benzene ring substituents is 2. The van der Waals surface area contributed by atoms with Crippen molar-refractivity contribution < 1.29 is 22.4 Å². The molecule has 4 aromatic rings. The Hall–Kier alpha value is -4.52. The molecular weight excluding hydrogens is 490 g/mol. The third-order valence-electron chi connectivity index (χ3n) is 5.56. The number of anilines is 1. The summed E-state index contributed by atoms with van der Waals surface area (Å²) in [6.07, 6.45) is 0. The third kappa shape index (κ3) is 4.68. The lowest BCUT2D eigenvalue weighted by molar-refractivity contribution is -0.396. The highest BCUT2D eigenvalue weighted by Crippen LogP contribution is 2.37. The zero-order chi connectivity index (χ0) is 26.0. The normalized spacial score (nSPS) is 11.4. The van der Waals surface area contributed by atoms with Crippen LogP contribution in [-0.4, -0.2) is 41.3 Å². The number of H-pyrrole nitrogens is 1. The third-order valence-corrected chi connectivity index (χ3v) is 6.84. The molecule has 0 saturated heterocycles. The molecule has 0 atom stereocenters. The Bertz CT molecular complexity index is 1550. The van der Waals surface area contributed by atoms with Gasteiger partial charge in [0.05, 0.1) is 32.5 Å². The molecule has 0 bridgehead atoms. The van der Waals surface area contributed by atoms with Crippen LogP contribution in [0.5, 0.6) is 5.75 Å². The topological polar surface area (TPSA) is 162 Å². The van der Waals surface area contributed by atoms with Crippen molar-refractivity contribution >= 4 is 38.2 Å². The number of non-ortho nitro benzene ring substituents is 1. The van der Waals surface area contributed by atoms with Gasteiger partial charge in [-0.3, -0.25) is 20.2 Å². The molecule has 36 heavy (non-hydrogen) atoms. The van der Waals surface area contributed by atoms with E-state index in [1.54, 1.807) is 18.2 Å². The summed E-state index contributed by atoms with van der Waals surface area (Å²) in [4.78, 5) is 29.5. The fraction of sp³-hybridized carbons (Fsp3) is 0.174. The van der Waals surface area contributed by atoms with E-state index in [4.69, 9.17) is 4.18 Å². The van der Waals surface area contributed by atoms with E-state index < -0.39 is 36.2 Å². The lowest BCUT2D eigenvalue weighted by Gasteiger charge is -2.22. The van der Waals surface area contributed by atoms with Gasteiger partial charge in [-0.2, -0.15) is 8.42 Å². The molecule has 186 valence electrons. The molecule has 1 heterocycles. The van der Waals surface area contributed by atoms with Gasteiger partial charge in [-0.15, -0.1) is 0 Å². The summed E-state index contributed by atoms with van der Waals surface area (Å²) in [5.41, 5.74) is 0.778. The van der Waals surface area contributed by atoms with Crippen LogP contribution in [0.15, 0.2) is 65.6 Å².